The van der Waals surface area contributed by atoms with E-state index in [2.05, 4.69) is 6.07 Å². The summed E-state index contributed by atoms with van der Waals surface area (Å²) in [6.45, 7) is 1.01. The quantitative estimate of drug-likeness (QED) is 0.612. The second kappa shape index (κ2) is 2.71. The highest BCUT2D eigenvalue weighted by Crippen LogP contribution is 2.46. The molecule has 1 aliphatic heterocycles. The highest BCUT2D eigenvalue weighted by Gasteiger charge is 2.53. The Kier molecular flexibility index (Phi) is 1.77. The van der Waals surface area contributed by atoms with Crippen molar-refractivity contribution in [1.29, 1.82) is 5.26 Å². The molecule has 13 heavy (non-hydrogen) atoms. The molecule has 1 saturated carbocycles. The van der Waals surface area contributed by atoms with Gasteiger partial charge in [-0.15, -0.1) is 0 Å². The van der Waals surface area contributed by atoms with Gasteiger partial charge in [0.05, 0.1) is 12.2 Å². The average Bonchev–Trinajstić information content (AvgIpc) is 2.82. The van der Waals surface area contributed by atoms with Crippen molar-refractivity contribution in [3.63, 3.8) is 0 Å². The molecular weight excluding hydrogens is 168 g/mol. The molecule has 1 saturated heterocycles. The van der Waals surface area contributed by atoms with Gasteiger partial charge in [0.2, 0.25) is 5.91 Å². The van der Waals surface area contributed by atoms with Crippen LogP contribution in [0.3, 0.4) is 0 Å². The molecule has 4 heteroatoms. The second-order valence-electron chi connectivity index (χ2n) is 3.89. The van der Waals surface area contributed by atoms with Gasteiger partial charge in [0.1, 0.15) is 5.41 Å². The summed E-state index contributed by atoms with van der Waals surface area (Å²) < 4.78 is 0. The zero-order valence-corrected chi connectivity index (χ0v) is 7.36. The van der Waals surface area contributed by atoms with Crippen molar-refractivity contribution in [1.82, 2.24) is 4.90 Å². The van der Waals surface area contributed by atoms with Crippen molar-refractivity contribution in [3.05, 3.63) is 0 Å². The van der Waals surface area contributed by atoms with Crippen LogP contribution >= 0.6 is 0 Å². The van der Waals surface area contributed by atoms with Crippen LogP contribution in [0.1, 0.15) is 19.3 Å². The summed E-state index contributed by atoms with van der Waals surface area (Å²) >= 11 is 0. The van der Waals surface area contributed by atoms with Crippen LogP contribution in [-0.2, 0) is 4.79 Å². The third kappa shape index (κ3) is 1.29. The van der Waals surface area contributed by atoms with Crippen molar-refractivity contribution in [2.24, 2.45) is 5.41 Å². The molecular formula is C9H12N2O2. The molecule has 0 aromatic rings. The first-order valence-electron chi connectivity index (χ1n) is 4.57. The van der Waals surface area contributed by atoms with Gasteiger partial charge in [-0.05, 0) is 19.3 Å². The molecule has 1 heterocycles. The molecule has 0 unspecified atom stereocenters. The van der Waals surface area contributed by atoms with Gasteiger partial charge in [-0.3, -0.25) is 4.79 Å². The van der Waals surface area contributed by atoms with Crippen molar-refractivity contribution in [3.8, 4) is 6.07 Å². The van der Waals surface area contributed by atoms with Gasteiger partial charge >= 0.3 is 0 Å². The van der Waals surface area contributed by atoms with Crippen LogP contribution in [0.5, 0.6) is 0 Å². The van der Waals surface area contributed by atoms with Crippen LogP contribution in [0, 0.1) is 16.7 Å². The molecule has 1 aliphatic carbocycles. The van der Waals surface area contributed by atoms with Crippen LogP contribution in [0.25, 0.3) is 0 Å². The number of likely N-dealkylation sites (tertiary alicyclic amines) is 1. The Morgan fingerprint density at radius 2 is 2.31 bits per heavy atom. The summed E-state index contributed by atoms with van der Waals surface area (Å²) in [6, 6.07) is 2.07. The van der Waals surface area contributed by atoms with E-state index in [0.29, 0.717) is 32.4 Å². The van der Waals surface area contributed by atoms with Crippen LogP contribution in [-0.4, -0.2) is 35.1 Å². The average molecular weight is 180 g/mol. The van der Waals surface area contributed by atoms with Gasteiger partial charge < -0.3 is 10.0 Å². The number of rotatable bonds is 1. The zero-order chi connectivity index (χ0) is 9.47. The monoisotopic (exact) mass is 180 g/mol. The SMILES string of the molecule is N#CC1(C(=O)N2CC[C@@H](O)C2)CC1. The van der Waals surface area contributed by atoms with Gasteiger partial charge in [0.15, 0.2) is 0 Å². The van der Waals surface area contributed by atoms with Gasteiger partial charge in [-0.2, -0.15) is 5.26 Å². The summed E-state index contributed by atoms with van der Waals surface area (Å²) in [5, 5.41) is 18.0. The van der Waals surface area contributed by atoms with E-state index in [1.54, 1.807) is 4.90 Å². The molecule has 0 aromatic heterocycles. The van der Waals surface area contributed by atoms with E-state index in [-0.39, 0.29) is 5.91 Å². The maximum Gasteiger partial charge on any atom is 0.243 e. The number of aliphatic hydroxyl groups excluding tert-OH is 1. The standard InChI is InChI=1S/C9H12N2O2/c10-6-9(2-3-9)8(13)11-4-1-7(12)5-11/h7,12H,1-5H2/t7-/m1/s1. The fourth-order valence-electron chi connectivity index (χ4n) is 1.73. The third-order valence-electron chi connectivity index (χ3n) is 2.82. The first-order valence-corrected chi connectivity index (χ1v) is 4.57. The van der Waals surface area contributed by atoms with E-state index in [1.165, 1.54) is 0 Å². The van der Waals surface area contributed by atoms with Crippen molar-refractivity contribution < 1.29 is 9.90 Å². The Morgan fingerprint density at radius 1 is 1.62 bits per heavy atom. The highest BCUT2D eigenvalue weighted by molar-refractivity contribution is 5.88. The minimum absolute atomic E-state index is 0.0773. The van der Waals surface area contributed by atoms with E-state index in [9.17, 15) is 9.90 Å². The molecule has 4 nitrogen and oxygen atoms in total. The van der Waals surface area contributed by atoms with E-state index >= 15 is 0 Å². The number of aliphatic hydroxyl groups is 1. The normalized spacial score (nSPS) is 29.8. The molecule has 1 amide bonds. The number of carbonyl (C=O) groups excluding carboxylic acids is 1. The Labute approximate surface area is 76.8 Å². The zero-order valence-electron chi connectivity index (χ0n) is 7.36. The van der Waals surface area contributed by atoms with Crippen LogP contribution in [0.2, 0.25) is 0 Å². The first kappa shape index (κ1) is 8.52. The summed E-state index contributed by atoms with van der Waals surface area (Å²) in [5.41, 5.74) is -0.718. The maximum atomic E-state index is 11.7. The predicted octanol–water partition coefficient (Wildman–Crippen LogP) is -0.117. The summed E-state index contributed by atoms with van der Waals surface area (Å²) in [4.78, 5) is 13.3. The smallest absolute Gasteiger partial charge is 0.243 e. The molecule has 2 aliphatic rings. The lowest BCUT2D eigenvalue weighted by Crippen LogP contribution is -2.35. The summed E-state index contributed by atoms with van der Waals surface area (Å²) in [6.07, 6.45) is 1.63. The Bertz CT molecular complexity index is 278. The molecule has 2 rings (SSSR count). The molecule has 0 bridgehead atoms. The lowest BCUT2D eigenvalue weighted by molar-refractivity contribution is -0.134. The van der Waals surface area contributed by atoms with Crippen LogP contribution < -0.4 is 0 Å². The molecule has 0 aromatic carbocycles. The number of hydrogen-bond donors (Lipinski definition) is 1. The Hall–Kier alpha value is -1.08. The number of carbonyl (C=O) groups is 1. The lowest BCUT2D eigenvalue weighted by Gasteiger charge is -2.17. The number of amides is 1. The molecule has 70 valence electrons. The van der Waals surface area contributed by atoms with E-state index < -0.39 is 11.5 Å². The number of nitriles is 1. The first-order chi connectivity index (χ1) is 6.18. The minimum Gasteiger partial charge on any atom is -0.391 e. The summed E-state index contributed by atoms with van der Waals surface area (Å²) in [5.74, 6) is -0.0773. The minimum atomic E-state index is -0.718. The fraction of sp³-hybridized carbons (Fsp3) is 0.778. The molecule has 2 fully saturated rings. The summed E-state index contributed by atoms with van der Waals surface area (Å²) in [7, 11) is 0. The molecule has 1 N–H and O–H groups in total. The molecule has 0 spiro atoms. The Balaban J connectivity index is 2.03. The third-order valence-corrected chi connectivity index (χ3v) is 2.82. The van der Waals surface area contributed by atoms with Crippen molar-refractivity contribution >= 4 is 5.91 Å². The van der Waals surface area contributed by atoms with Crippen LogP contribution in [0.15, 0.2) is 0 Å². The van der Waals surface area contributed by atoms with E-state index in [1.807, 2.05) is 0 Å². The number of hydrogen-bond acceptors (Lipinski definition) is 3. The lowest BCUT2D eigenvalue weighted by atomic mass is 10.1. The Morgan fingerprint density at radius 3 is 2.69 bits per heavy atom. The van der Waals surface area contributed by atoms with Crippen LogP contribution in [0.4, 0.5) is 0 Å². The fourth-order valence-corrected chi connectivity index (χ4v) is 1.73. The second-order valence-corrected chi connectivity index (χ2v) is 3.89. The van der Waals surface area contributed by atoms with E-state index in [0.717, 1.165) is 0 Å². The van der Waals surface area contributed by atoms with Crippen molar-refractivity contribution in [2.75, 3.05) is 13.1 Å². The highest BCUT2D eigenvalue weighted by atomic mass is 16.3. The largest absolute Gasteiger partial charge is 0.391 e. The van der Waals surface area contributed by atoms with Gasteiger partial charge in [0.25, 0.3) is 0 Å². The molecule has 0 radical (unpaired) electrons. The van der Waals surface area contributed by atoms with Gasteiger partial charge in [-0.1, -0.05) is 0 Å². The predicted molar refractivity (Wildman–Crippen MR) is 44.5 cm³/mol. The van der Waals surface area contributed by atoms with E-state index in [4.69, 9.17) is 5.26 Å². The number of nitrogens with zero attached hydrogens (tertiary/aromatic N) is 2. The van der Waals surface area contributed by atoms with Gasteiger partial charge in [0, 0.05) is 13.1 Å². The maximum absolute atomic E-state index is 11.7. The van der Waals surface area contributed by atoms with Gasteiger partial charge in [-0.25, -0.2) is 0 Å². The topological polar surface area (TPSA) is 64.3 Å². The van der Waals surface area contributed by atoms with Crippen molar-refractivity contribution in [2.45, 2.75) is 25.4 Å². The molecule has 1 atom stereocenters. The number of β-amino-alcohol motifs (C(OH)–C–C–N with tert-alkyl or cyclic N) is 1.